The fourth-order valence-electron chi connectivity index (χ4n) is 9.62. The van der Waals surface area contributed by atoms with E-state index in [1.165, 1.54) is 186 Å². The van der Waals surface area contributed by atoms with Crippen LogP contribution in [0.25, 0.3) is 0 Å². The van der Waals surface area contributed by atoms with Crippen LogP contribution in [0.4, 0.5) is 0 Å². The normalized spacial score (nSPS) is 12.6. The molecule has 78 heavy (non-hydrogen) atoms. The minimum atomic E-state index is -0.788. The third-order valence-electron chi connectivity index (χ3n) is 14.6. The van der Waals surface area contributed by atoms with Crippen molar-refractivity contribution in [2.75, 3.05) is 13.2 Å². The van der Waals surface area contributed by atoms with Gasteiger partial charge in [0.1, 0.15) is 13.2 Å². The molecule has 0 bridgehead atoms. The summed E-state index contributed by atoms with van der Waals surface area (Å²) < 4.78 is 16.9. The molecule has 0 saturated carbocycles. The van der Waals surface area contributed by atoms with Crippen molar-refractivity contribution < 1.29 is 28.6 Å². The minimum Gasteiger partial charge on any atom is -0.462 e. The van der Waals surface area contributed by atoms with Gasteiger partial charge in [0.25, 0.3) is 0 Å². The van der Waals surface area contributed by atoms with Crippen LogP contribution in [0.1, 0.15) is 335 Å². The predicted molar refractivity (Wildman–Crippen MR) is 339 cm³/mol. The van der Waals surface area contributed by atoms with Gasteiger partial charge < -0.3 is 14.2 Å². The van der Waals surface area contributed by atoms with Gasteiger partial charge in [-0.05, 0) is 96.3 Å². The lowest BCUT2D eigenvalue weighted by Crippen LogP contribution is -2.30. The first-order valence-corrected chi connectivity index (χ1v) is 33.6. The van der Waals surface area contributed by atoms with Crippen LogP contribution in [-0.4, -0.2) is 37.2 Å². The Morgan fingerprint density at radius 1 is 0.269 bits per heavy atom. The van der Waals surface area contributed by atoms with Gasteiger partial charge >= 0.3 is 17.9 Å². The summed E-state index contributed by atoms with van der Waals surface area (Å²) in [4.78, 5) is 38.4. The van der Waals surface area contributed by atoms with Crippen molar-refractivity contribution >= 4 is 17.9 Å². The van der Waals surface area contributed by atoms with E-state index in [-0.39, 0.29) is 31.1 Å². The second-order valence-electron chi connectivity index (χ2n) is 22.4. The maximum atomic E-state index is 12.9. The Bertz CT molecular complexity index is 1480. The molecule has 0 aliphatic carbocycles. The van der Waals surface area contributed by atoms with E-state index >= 15 is 0 Å². The lowest BCUT2D eigenvalue weighted by atomic mass is 10.0. The van der Waals surface area contributed by atoms with E-state index in [1.54, 1.807) is 0 Å². The molecule has 0 amide bonds. The van der Waals surface area contributed by atoms with Crippen LogP contribution in [0.3, 0.4) is 0 Å². The Hall–Kier alpha value is -3.41. The van der Waals surface area contributed by atoms with Crippen molar-refractivity contribution in [2.45, 2.75) is 341 Å². The van der Waals surface area contributed by atoms with Crippen LogP contribution in [0.15, 0.2) is 85.1 Å². The summed E-state index contributed by atoms with van der Waals surface area (Å²) in [5.74, 6) is -0.892. The molecule has 1 atom stereocenters. The topological polar surface area (TPSA) is 78.9 Å². The molecular weight excluding hydrogens is 961 g/mol. The van der Waals surface area contributed by atoms with E-state index in [2.05, 4.69) is 106 Å². The standard InChI is InChI=1S/C72H126O6/c1-4-7-10-13-16-19-22-25-28-30-32-34-36-38-40-42-44-47-50-53-56-59-62-65-71(74)77-68-69(67-76-70(73)64-61-58-55-52-49-46-27-24-21-18-15-12-9-6-3)78-72(75)66-63-60-57-54-51-48-45-43-41-39-37-35-33-31-29-26-23-20-17-14-11-8-5-2/h7,10,16,19,25,28,31-34,38,40,44,47,69H,4-6,8-9,11-15,17-18,20-24,26-27,29-30,35-37,39,41-43,45-46,48-68H2,1-3H3/b10-7-,19-16-,28-25-,33-31-,34-32-,40-38-,47-44-. The molecule has 0 fully saturated rings. The zero-order valence-electron chi connectivity index (χ0n) is 51.7. The van der Waals surface area contributed by atoms with Crippen LogP contribution in [0.5, 0.6) is 0 Å². The number of hydrogen-bond donors (Lipinski definition) is 0. The molecule has 0 aromatic rings. The Labute approximate surface area is 484 Å². The maximum absolute atomic E-state index is 12.9. The first-order chi connectivity index (χ1) is 38.5. The van der Waals surface area contributed by atoms with Crippen molar-refractivity contribution in [3.63, 3.8) is 0 Å². The SMILES string of the molecule is CC/C=C\C/C=C\C/C=C\C/C=C\C/C=C\C/C=C\CCCCCCC(=O)OCC(COC(=O)CCCCCCCCCCCCCCCC)OC(=O)CCCCCCCCCCCCC/C=C\CCCCCCCCCC. The lowest BCUT2D eigenvalue weighted by Gasteiger charge is -2.18. The summed E-state index contributed by atoms with van der Waals surface area (Å²) in [6.45, 7) is 6.55. The predicted octanol–water partition coefficient (Wildman–Crippen LogP) is 23.1. The Morgan fingerprint density at radius 3 is 0.795 bits per heavy atom. The highest BCUT2D eigenvalue weighted by molar-refractivity contribution is 5.71. The van der Waals surface area contributed by atoms with Crippen LogP contribution < -0.4 is 0 Å². The average molecular weight is 1090 g/mol. The number of allylic oxidation sites excluding steroid dienone is 14. The van der Waals surface area contributed by atoms with Crippen molar-refractivity contribution in [1.29, 1.82) is 0 Å². The first kappa shape index (κ1) is 74.6. The van der Waals surface area contributed by atoms with Crippen LogP contribution >= 0.6 is 0 Å². The Morgan fingerprint density at radius 2 is 0.500 bits per heavy atom. The Balaban J connectivity index is 4.37. The second-order valence-corrected chi connectivity index (χ2v) is 22.4. The fraction of sp³-hybridized carbons (Fsp3) is 0.764. The van der Waals surface area contributed by atoms with E-state index in [0.29, 0.717) is 19.3 Å². The summed E-state index contributed by atoms with van der Waals surface area (Å²) in [5, 5.41) is 0. The second kappa shape index (κ2) is 66.1. The smallest absolute Gasteiger partial charge is 0.306 e. The molecule has 0 radical (unpaired) electrons. The van der Waals surface area contributed by atoms with Gasteiger partial charge in [0.15, 0.2) is 6.10 Å². The molecule has 0 aliphatic heterocycles. The van der Waals surface area contributed by atoms with Gasteiger partial charge in [0.2, 0.25) is 0 Å². The highest BCUT2D eigenvalue weighted by Crippen LogP contribution is 2.17. The van der Waals surface area contributed by atoms with Crippen molar-refractivity contribution in [3.05, 3.63) is 85.1 Å². The summed E-state index contributed by atoms with van der Waals surface area (Å²) in [7, 11) is 0. The molecule has 0 N–H and O–H groups in total. The van der Waals surface area contributed by atoms with E-state index in [4.69, 9.17) is 14.2 Å². The largest absolute Gasteiger partial charge is 0.462 e. The number of unbranched alkanes of at least 4 members (excludes halogenated alkanes) is 36. The lowest BCUT2D eigenvalue weighted by molar-refractivity contribution is -0.167. The highest BCUT2D eigenvalue weighted by Gasteiger charge is 2.19. The molecule has 0 aromatic carbocycles. The molecule has 0 spiro atoms. The summed E-state index contributed by atoms with van der Waals surface area (Å²) in [6, 6.07) is 0. The van der Waals surface area contributed by atoms with Gasteiger partial charge in [0, 0.05) is 19.3 Å². The van der Waals surface area contributed by atoms with Crippen molar-refractivity contribution in [1.82, 2.24) is 0 Å². The number of esters is 3. The highest BCUT2D eigenvalue weighted by atomic mass is 16.6. The van der Waals surface area contributed by atoms with Gasteiger partial charge in [0.05, 0.1) is 0 Å². The average Bonchev–Trinajstić information content (AvgIpc) is 3.44. The fourth-order valence-corrected chi connectivity index (χ4v) is 9.62. The molecule has 0 aliphatic rings. The zero-order chi connectivity index (χ0) is 56.4. The third-order valence-corrected chi connectivity index (χ3v) is 14.6. The molecular formula is C72H126O6. The summed E-state index contributed by atoms with van der Waals surface area (Å²) in [6.07, 6.45) is 87.3. The van der Waals surface area contributed by atoms with E-state index < -0.39 is 6.10 Å². The van der Waals surface area contributed by atoms with E-state index in [0.717, 1.165) is 109 Å². The van der Waals surface area contributed by atoms with Crippen LogP contribution in [0, 0.1) is 0 Å². The van der Waals surface area contributed by atoms with Crippen LogP contribution in [-0.2, 0) is 28.6 Å². The monoisotopic (exact) mass is 1090 g/mol. The number of carbonyl (C=O) groups excluding carboxylic acids is 3. The molecule has 0 rings (SSSR count). The van der Waals surface area contributed by atoms with E-state index in [1.807, 2.05) is 0 Å². The van der Waals surface area contributed by atoms with E-state index in [9.17, 15) is 14.4 Å². The minimum absolute atomic E-state index is 0.0818. The first-order valence-electron chi connectivity index (χ1n) is 33.6. The molecule has 450 valence electrons. The summed E-state index contributed by atoms with van der Waals surface area (Å²) in [5.41, 5.74) is 0. The summed E-state index contributed by atoms with van der Waals surface area (Å²) >= 11 is 0. The van der Waals surface area contributed by atoms with Gasteiger partial charge in [-0.15, -0.1) is 0 Å². The van der Waals surface area contributed by atoms with Crippen molar-refractivity contribution in [3.8, 4) is 0 Å². The van der Waals surface area contributed by atoms with Gasteiger partial charge in [-0.2, -0.15) is 0 Å². The molecule has 1 unspecified atom stereocenters. The molecule has 6 nitrogen and oxygen atoms in total. The number of rotatable bonds is 61. The number of hydrogen-bond acceptors (Lipinski definition) is 6. The molecule has 0 heterocycles. The molecule has 0 saturated heterocycles. The van der Waals surface area contributed by atoms with Crippen molar-refractivity contribution in [2.24, 2.45) is 0 Å². The van der Waals surface area contributed by atoms with Gasteiger partial charge in [-0.1, -0.05) is 305 Å². The molecule has 0 aromatic heterocycles. The maximum Gasteiger partial charge on any atom is 0.306 e. The third kappa shape index (κ3) is 63.4. The molecule has 6 heteroatoms. The quantitative estimate of drug-likeness (QED) is 0.0261. The Kier molecular flexibility index (Phi) is 63.2. The van der Waals surface area contributed by atoms with Gasteiger partial charge in [-0.25, -0.2) is 0 Å². The zero-order valence-corrected chi connectivity index (χ0v) is 51.7. The van der Waals surface area contributed by atoms with Gasteiger partial charge in [-0.3, -0.25) is 14.4 Å². The number of carbonyl (C=O) groups is 3. The van der Waals surface area contributed by atoms with Crippen LogP contribution in [0.2, 0.25) is 0 Å². The number of ether oxygens (including phenoxy) is 3.